The predicted octanol–water partition coefficient (Wildman–Crippen LogP) is 2.41. The van der Waals surface area contributed by atoms with E-state index >= 15 is 0 Å². The molecule has 0 atom stereocenters. The normalized spacial score (nSPS) is 9.93. The first kappa shape index (κ1) is 10.2. The topological polar surface area (TPSA) is 63.8 Å². The second kappa shape index (κ2) is 4.43. The molecule has 0 aliphatic rings. The zero-order chi connectivity index (χ0) is 10.7. The van der Waals surface area contributed by atoms with E-state index in [4.69, 9.17) is 5.73 Å². The van der Waals surface area contributed by atoms with E-state index in [1.165, 1.54) is 0 Å². The molecule has 1 heterocycles. The number of hydrogen-bond acceptors (Lipinski definition) is 4. The quantitative estimate of drug-likeness (QED) is 0.836. The molecule has 2 rings (SSSR count). The summed E-state index contributed by atoms with van der Waals surface area (Å²) >= 11 is 2.25. The molecule has 5 heteroatoms. The molecule has 1 aromatic heterocycles. The first-order valence-electron chi connectivity index (χ1n) is 4.35. The van der Waals surface area contributed by atoms with E-state index in [2.05, 4.69) is 37.9 Å². The monoisotopic (exact) mass is 312 g/mol. The lowest BCUT2D eigenvalue weighted by Crippen LogP contribution is -2.01. The number of nitrogen functional groups attached to an aromatic ring is 1. The van der Waals surface area contributed by atoms with Gasteiger partial charge in [-0.1, -0.05) is 12.1 Å². The molecule has 0 amide bonds. The Kier molecular flexibility index (Phi) is 3.00. The first-order valence-corrected chi connectivity index (χ1v) is 5.43. The fourth-order valence-corrected chi connectivity index (χ4v) is 1.66. The van der Waals surface area contributed by atoms with Crippen molar-refractivity contribution in [2.75, 3.05) is 11.1 Å². The first-order chi connectivity index (χ1) is 7.27. The third kappa shape index (κ3) is 2.35. The van der Waals surface area contributed by atoms with Crippen LogP contribution >= 0.6 is 22.6 Å². The van der Waals surface area contributed by atoms with Crippen LogP contribution in [0.15, 0.2) is 36.7 Å². The van der Waals surface area contributed by atoms with Gasteiger partial charge in [-0.2, -0.15) is 0 Å². The van der Waals surface area contributed by atoms with Gasteiger partial charge in [0.1, 0.15) is 0 Å². The Morgan fingerprint density at radius 3 is 2.60 bits per heavy atom. The lowest BCUT2D eigenvalue weighted by molar-refractivity contribution is 1.21. The highest BCUT2D eigenvalue weighted by molar-refractivity contribution is 14.1. The standard InChI is InChI=1S/C10H9IN4/c11-7-3-1-2-4-8(7)15-10-9(12)13-5-6-14-10/h1-6H,(H2,12,13)(H,14,15). The van der Waals surface area contributed by atoms with Crippen LogP contribution in [0.4, 0.5) is 17.3 Å². The molecule has 0 spiro atoms. The highest BCUT2D eigenvalue weighted by Crippen LogP contribution is 2.22. The Morgan fingerprint density at radius 2 is 1.87 bits per heavy atom. The maximum absolute atomic E-state index is 5.68. The average Bonchev–Trinajstić information content (AvgIpc) is 2.24. The largest absolute Gasteiger partial charge is 0.381 e. The number of anilines is 3. The van der Waals surface area contributed by atoms with Crippen molar-refractivity contribution in [3.63, 3.8) is 0 Å². The van der Waals surface area contributed by atoms with E-state index in [-0.39, 0.29) is 0 Å². The number of nitrogens with two attached hydrogens (primary N) is 1. The molecule has 1 aromatic carbocycles. The van der Waals surface area contributed by atoms with Gasteiger partial charge in [0.05, 0.1) is 5.69 Å². The number of nitrogens with zero attached hydrogens (tertiary/aromatic N) is 2. The van der Waals surface area contributed by atoms with Crippen molar-refractivity contribution in [1.82, 2.24) is 9.97 Å². The summed E-state index contributed by atoms with van der Waals surface area (Å²) in [6.07, 6.45) is 3.17. The van der Waals surface area contributed by atoms with Crippen LogP contribution in [-0.4, -0.2) is 9.97 Å². The van der Waals surface area contributed by atoms with Gasteiger partial charge < -0.3 is 11.1 Å². The van der Waals surface area contributed by atoms with E-state index in [1.807, 2.05) is 24.3 Å². The van der Waals surface area contributed by atoms with Crippen LogP contribution in [0.3, 0.4) is 0 Å². The summed E-state index contributed by atoms with van der Waals surface area (Å²) in [5, 5.41) is 3.13. The van der Waals surface area contributed by atoms with Gasteiger partial charge in [-0.15, -0.1) is 0 Å². The molecule has 0 bridgehead atoms. The van der Waals surface area contributed by atoms with E-state index < -0.39 is 0 Å². The molecule has 0 saturated carbocycles. The molecule has 2 aromatic rings. The molecular formula is C10H9IN4. The van der Waals surface area contributed by atoms with Gasteiger partial charge in [-0.3, -0.25) is 0 Å². The maximum Gasteiger partial charge on any atom is 0.173 e. The lowest BCUT2D eigenvalue weighted by Gasteiger charge is -2.08. The fraction of sp³-hybridized carbons (Fsp3) is 0. The molecule has 0 aliphatic heterocycles. The van der Waals surface area contributed by atoms with Crippen molar-refractivity contribution in [2.24, 2.45) is 0 Å². The molecule has 0 saturated heterocycles. The van der Waals surface area contributed by atoms with Crippen molar-refractivity contribution < 1.29 is 0 Å². The number of halogens is 1. The Morgan fingerprint density at radius 1 is 1.13 bits per heavy atom. The van der Waals surface area contributed by atoms with Gasteiger partial charge in [-0.05, 0) is 34.7 Å². The van der Waals surface area contributed by atoms with Crippen LogP contribution in [0.5, 0.6) is 0 Å². The van der Waals surface area contributed by atoms with Crippen LogP contribution in [0, 0.1) is 3.57 Å². The van der Waals surface area contributed by atoms with Gasteiger partial charge in [0.2, 0.25) is 0 Å². The number of aromatic nitrogens is 2. The summed E-state index contributed by atoms with van der Waals surface area (Å²) in [5.74, 6) is 0.985. The SMILES string of the molecule is Nc1nccnc1Nc1ccccc1I. The number of nitrogens with one attached hydrogen (secondary N) is 1. The molecule has 4 nitrogen and oxygen atoms in total. The third-order valence-corrected chi connectivity index (χ3v) is 2.79. The molecular weight excluding hydrogens is 303 g/mol. The van der Waals surface area contributed by atoms with Crippen molar-refractivity contribution in [1.29, 1.82) is 0 Å². The average molecular weight is 312 g/mol. The number of rotatable bonds is 2. The summed E-state index contributed by atoms with van der Waals surface area (Å²) in [6, 6.07) is 7.91. The van der Waals surface area contributed by atoms with Crippen LogP contribution in [0.2, 0.25) is 0 Å². The molecule has 3 N–H and O–H groups in total. The van der Waals surface area contributed by atoms with E-state index in [0.717, 1.165) is 9.26 Å². The Labute approximate surface area is 101 Å². The Balaban J connectivity index is 2.30. The summed E-state index contributed by atoms with van der Waals surface area (Å²) < 4.78 is 1.11. The van der Waals surface area contributed by atoms with Crippen molar-refractivity contribution in [3.8, 4) is 0 Å². The van der Waals surface area contributed by atoms with E-state index in [9.17, 15) is 0 Å². The molecule has 0 radical (unpaired) electrons. The third-order valence-electron chi connectivity index (χ3n) is 1.85. The molecule has 76 valence electrons. The zero-order valence-corrected chi connectivity index (χ0v) is 9.97. The molecule has 0 unspecified atom stereocenters. The lowest BCUT2D eigenvalue weighted by atomic mass is 10.3. The minimum Gasteiger partial charge on any atom is -0.381 e. The smallest absolute Gasteiger partial charge is 0.173 e. The van der Waals surface area contributed by atoms with Crippen LogP contribution < -0.4 is 11.1 Å². The summed E-state index contributed by atoms with van der Waals surface area (Å²) in [4.78, 5) is 8.07. The van der Waals surface area contributed by atoms with Gasteiger partial charge >= 0.3 is 0 Å². The van der Waals surface area contributed by atoms with Crippen LogP contribution in [-0.2, 0) is 0 Å². The van der Waals surface area contributed by atoms with Crippen LogP contribution in [0.25, 0.3) is 0 Å². The summed E-state index contributed by atoms with van der Waals surface area (Å²) in [6.45, 7) is 0. The number of hydrogen-bond donors (Lipinski definition) is 2. The van der Waals surface area contributed by atoms with Gasteiger partial charge in [-0.25, -0.2) is 9.97 Å². The van der Waals surface area contributed by atoms with Crippen LogP contribution in [0.1, 0.15) is 0 Å². The second-order valence-corrected chi connectivity index (χ2v) is 4.06. The zero-order valence-electron chi connectivity index (χ0n) is 7.81. The molecule has 0 fully saturated rings. The summed E-state index contributed by atoms with van der Waals surface area (Å²) in [7, 11) is 0. The predicted molar refractivity (Wildman–Crippen MR) is 68.9 cm³/mol. The van der Waals surface area contributed by atoms with Crippen molar-refractivity contribution >= 4 is 39.9 Å². The number of para-hydroxylation sites is 1. The maximum atomic E-state index is 5.68. The van der Waals surface area contributed by atoms with Gasteiger partial charge in [0, 0.05) is 16.0 Å². The Bertz CT molecular complexity index is 429. The van der Waals surface area contributed by atoms with Crippen molar-refractivity contribution in [2.45, 2.75) is 0 Å². The number of benzene rings is 1. The van der Waals surface area contributed by atoms with Gasteiger partial charge in [0.25, 0.3) is 0 Å². The van der Waals surface area contributed by atoms with Gasteiger partial charge in [0.15, 0.2) is 11.6 Å². The highest BCUT2D eigenvalue weighted by atomic mass is 127. The van der Waals surface area contributed by atoms with E-state index in [0.29, 0.717) is 11.6 Å². The Hall–Kier alpha value is -1.37. The second-order valence-electron chi connectivity index (χ2n) is 2.90. The summed E-state index contributed by atoms with van der Waals surface area (Å²) in [5.41, 5.74) is 6.66. The minimum absolute atomic E-state index is 0.400. The van der Waals surface area contributed by atoms with E-state index in [1.54, 1.807) is 12.4 Å². The minimum atomic E-state index is 0.400. The van der Waals surface area contributed by atoms with Crippen molar-refractivity contribution in [3.05, 3.63) is 40.2 Å². The molecule has 15 heavy (non-hydrogen) atoms. The molecule has 0 aliphatic carbocycles. The fourth-order valence-electron chi connectivity index (χ4n) is 1.14. The highest BCUT2D eigenvalue weighted by Gasteiger charge is 2.03.